The zero-order chi connectivity index (χ0) is 15.5. The molecule has 0 saturated carbocycles. The van der Waals surface area contributed by atoms with Crippen molar-refractivity contribution in [1.29, 1.82) is 0 Å². The lowest BCUT2D eigenvalue weighted by atomic mass is 9.97. The second-order valence-corrected chi connectivity index (χ2v) is 5.00. The molecule has 0 bridgehead atoms. The number of rotatable bonds is 3. The van der Waals surface area contributed by atoms with Gasteiger partial charge < -0.3 is 5.73 Å². The first-order valence-corrected chi connectivity index (χ1v) is 6.92. The smallest absolute Gasteiger partial charge is 0.0951 e. The predicted octanol–water partition coefficient (Wildman–Crippen LogP) is 4.17. The molecule has 0 aliphatic rings. The van der Waals surface area contributed by atoms with Crippen LogP contribution in [0.2, 0.25) is 0 Å². The van der Waals surface area contributed by atoms with E-state index in [1.54, 1.807) is 18.2 Å². The molecule has 4 heteroatoms. The maximum Gasteiger partial charge on any atom is 0.0951 e. The lowest BCUT2D eigenvalue weighted by Crippen LogP contribution is -2.20. The topological polar surface area (TPSA) is 55.3 Å². The number of nitrogens with two attached hydrogens (primary N) is 2. The number of halogens is 1. The number of hydrazine groups is 1. The van der Waals surface area contributed by atoms with Crippen LogP contribution in [0.3, 0.4) is 0 Å². The summed E-state index contributed by atoms with van der Waals surface area (Å²) in [5, 5.41) is 0.111. The second-order valence-electron chi connectivity index (χ2n) is 5.00. The van der Waals surface area contributed by atoms with E-state index in [-0.39, 0.29) is 10.9 Å². The Morgan fingerprint density at radius 3 is 2.09 bits per heavy atom. The molecule has 0 spiro atoms. The number of para-hydroxylation sites is 1. The van der Waals surface area contributed by atoms with Gasteiger partial charge in [-0.15, -0.1) is 5.23 Å². The Balaban J connectivity index is 2.08. The minimum atomic E-state index is 0.111. The molecule has 3 aromatic carbocycles. The number of anilines is 2. The summed E-state index contributed by atoms with van der Waals surface area (Å²) >= 11 is 0. The SMILES string of the molecule is Nc1cc(-c2ccccc2)ccc1-c1ccccc1N(N)F. The average molecular weight is 293 g/mol. The number of benzene rings is 3. The van der Waals surface area contributed by atoms with Crippen LogP contribution >= 0.6 is 0 Å². The molecule has 3 nitrogen and oxygen atoms in total. The summed E-state index contributed by atoms with van der Waals surface area (Å²) in [5.74, 6) is 5.25. The van der Waals surface area contributed by atoms with Gasteiger partial charge in [0.2, 0.25) is 0 Å². The van der Waals surface area contributed by atoms with E-state index < -0.39 is 0 Å². The van der Waals surface area contributed by atoms with Gasteiger partial charge >= 0.3 is 0 Å². The first kappa shape index (κ1) is 14.1. The van der Waals surface area contributed by atoms with Gasteiger partial charge in [0, 0.05) is 16.8 Å². The Morgan fingerprint density at radius 2 is 1.41 bits per heavy atom. The first-order valence-electron chi connectivity index (χ1n) is 6.92. The van der Waals surface area contributed by atoms with Crippen molar-refractivity contribution >= 4 is 11.4 Å². The van der Waals surface area contributed by atoms with Gasteiger partial charge in [-0.1, -0.05) is 65.1 Å². The van der Waals surface area contributed by atoms with E-state index in [0.29, 0.717) is 11.3 Å². The van der Waals surface area contributed by atoms with Gasteiger partial charge in [0.25, 0.3) is 0 Å². The van der Waals surface area contributed by atoms with Crippen molar-refractivity contribution < 1.29 is 4.48 Å². The zero-order valence-corrected chi connectivity index (χ0v) is 11.9. The fourth-order valence-electron chi connectivity index (χ4n) is 2.51. The van der Waals surface area contributed by atoms with Crippen LogP contribution in [0.1, 0.15) is 0 Å². The summed E-state index contributed by atoms with van der Waals surface area (Å²) in [7, 11) is 0. The standard InChI is InChI=1S/C18H16FN3/c19-22(21)18-9-5-4-8-16(18)15-11-10-14(12-17(15)20)13-6-2-1-3-7-13/h1-12H,20-21H2. The third-order valence-electron chi connectivity index (χ3n) is 3.58. The minimum absolute atomic E-state index is 0.111. The van der Waals surface area contributed by atoms with Gasteiger partial charge in [0.05, 0.1) is 5.69 Å². The molecule has 110 valence electrons. The molecule has 0 fully saturated rings. The van der Waals surface area contributed by atoms with Crippen LogP contribution < -0.4 is 16.8 Å². The summed E-state index contributed by atoms with van der Waals surface area (Å²) in [4.78, 5) is 0. The van der Waals surface area contributed by atoms with E-state index >= 15 is 0 Å². The molecule has 0 aromatic heterocycles. The van der Waals surface area contributed by atoms with Gasteiger partial charge in [-0.25, -0.2) is 5.84 Å². The molecule has 0 unspecified atom stereocenters. The van der Waals surface area contributed by atoms with Crippen molar-refractivity contribution in [2.45, 2.75) is 0 Å². The van der Waals surface area contributed by atoms with E-state index in [1.165, 1.54) is 0 Å². The molecule has 0 heterocycles. The van der Waals surface area contributed by atoms with Crippen molar-refractivity contribution in [3.05, 3.63) is 72.8 Å². The Hall–Kier alpha value is -2.85. The normalized spacial score (nSPS) is 10.5. The van der Waals surface area contributed by atoms with Crippen molar-refractivity contribution in [3.63, 3.8) is 0 Å². The highest BCUT2D eigenvalue weighted by Gasteiger charge is 2.12. The third kappa shape index (κ3) is 2.64. The highest BCUT2D eigenvalue weighted by Crippen LogP contribution is 2.35. The summed E-state index contributed by atoms with van der Waals surface area (Å²) in [6, 6.07) is 22.7. The van der Waals surface area contributed by atoms with Crippen molar-refractivity contribution in [3.8, 4) is 22.3 Å². The summed E-state index contributed by atoms with van der Waals surface area (Å²) in [6.45, 7) is 0. The monoisotopic (exact) mass is 293 g/mol. The Labute approximate surface area is 128 Å². The van der Waals surface area contributed by atoms with Gasteiger partial charge in [-0.05, 0) is 23.3 Å². The van der Waals surface area contributed by atoms with Crippen LogP contribution in [0.5, 0.6) is 0 Å². The molecule has 0 aliphatic carbocycles. The van der Waals surface area contributed by atoms with Crippen LogP contribution in [-0.2, 0) is 0 Å². The Morgan fingerprint density at radius 1 is 0.727 bits per heavy atom. The van der Waals surface area contributed by atoms with Crippen molar-refractivity contribution in [2.24, 2.45) is 5.84 Å². The van der Waals surface area contributed by atoms with Crippen LogP contribution in [-0.4, -0.2) is 0 Å². The summed E-state index contributed by atoms with van der Waals surface area (Å²) in [6.07, 6.45) is 0. The number of nitrogens with zero attached hydrogens (tertiary/aromatic N) is 1. The molecule has 3 rings (SSSR count). The lowest BCUT2D eigenvalue weighted by molar-refractivity contribution is 0.445. The molecular weight excluding hydrogens is 277 g/mol. The van der Waals surface area contributed by atoms with Gasteiger partial charge in [-0.2, -0.15) is 0 Å². The van der Waals surface area contributed by atoms with E-state index in [4.69, 9.17) is 11.6 Å². The molecule has 4 N–H and O–H groups in total. The van der Waals surface area contributed by atoms with Gasteiger partial charge in [0.1, 0.15) is 0 Å². The molecule has 0 saturated heterocycles. The summed E-state index contributed by atoms with van der Waals surface area (Å²) < 4.78 is 13.4. The lowest BCUT2D eigenvalue weighted by Gasteiger charge is -2.15. The Kier molecular flexibility index (Phi) is 3.76. The highest BCUT2D eigenvalue weighted by molar-refractivity contribution is 5.87. The molecule has 3 aromatic rings. The number of nitrogen functional groups attached to an aromatic ring is 1. The predicted molar refractivity (Wildman–Crippen MR) is 89.5 cm³/mol. The van der Waals surface area contributed by atoms with E-state index in [2.05, 4.69) is 0 Å². The fraction of sp³-hybridized carbons (Fsp3) is 0. The maximum absolute atomic E-state index is 13.4. The molecule has 22 heavy (non-hydrogen) atoms. The second kappa shape index (κ2) is 5.87. The minimum Gasteiger partial charge on any atom is -0.398 e. The molecule has 0 radical (unpaired) electrons. The quantitative estimate of drug-likeness (QED) is 0.330. The third-order valence-corrected chi connectivity index (χ3v) is 3.58. The van der Waals surface area contributed by atoms with E-state index in [1.807, 2.05) is 54.6 Å². The van der Waals surface area contributed by atoms with Crippen molar-refractivity contribution in [1.82, 2.24) is 0 Å². The summed E-state index contributed by atoms with van der Waals surface area (Å²) in [5.41, 5.74) is 10.5. The number of hydrogen-bond donors (Lipinski definition) is 2. The first-order chi connectivity index (χ1) is 10.7. The zero-order valence-electron chi connectivity index (χ0n) is 11.9. The molecule has 0 aliphatic heterocycles. The average Bonchev–Trinajstić information content (AvgIpc) is 2.55. The van der Waals surface area contributed by atoms with Crippen LogP contribution in [0.4, 0.5) is 15.9 Å². The van der Waals surface area contributed by atoms with Crippen LogP contribution in [0.25, 0.3) is 22.3 Å². The van der Waals surface area contributed by atoms with E-state index in [9.17, 15) is 4.48 Å². The molecule has 0 atom stereocenters. The van der Waals surface area contributed by atoms with Gasteiger partial charge in [0.15, 0.2) is 0 Å². The molecular formula is C18H16FN3. The molecule has 0 amide bonds. The maximum atomic E-state index is 13.4. The fourth-order valence-corrected chi connectivity index (χ4v) is 2.51. The number of hydrogen-bond acceptors (Lipinski definition) is 3. The van der Waals surface area contributed by atoms with Gasteiger partial charge in [-0.3, -0.25) is 0 Å². The van der Waals surface area contributed by atoms with E-state index in [0.717, 1.165) is 16.7 Å². The Bertz CT molecular complexity index is 785. The van der Waals surface area contributed by atoms with Crippen molar-refractivity contribution in [2.75, 3.05) is 11.0 Å². The largest absolute Gasteiger partial charge is 0.398 e. The highest BCUT2D eigenvalue weighted by atomic mass is 19.2. The van der Waals surface area contributed by atoms with Crippen LogP contribution in [0, 0.1) is 0 Å². The van der Waals surface area contributed by atoms with Crippen LogP contribution in [0.15, 0.2) is 72.8 Å².